The van der Waals surface area contributed by atoms with Crippen LogP contribution >= 0.6 is 11.6 Å². The zero-order valence-corrected chi connectivity index (χ0v) is 26.8. The fraction of sp³-hybridized carbons (Fsp3) is 0.235. The van der Waals surface area contributed by atoms with Gasteiger partial charge in [0.15, 0.2) is 0 Å². The van der Waals surface area contributed by atoms with Crippen molar-refractivity contribution in [2.24, 2.45) is 0 Å². The minimum absolute atomic E-state index is 0.0511. The number of nitrogens with zero attached hydrogens (tertiary/aromatic N) is 2. The van der Waals surface area contributed by atoms with Crippen molar-refractivity contribution in [2.75, 3.05) is 18.0 Å². The van der Waals surface area contributed by atoms with E-state index in [1.165, 1.54) is 60.5 Å². The van der Waals surface area contributed by atoms with Crippen molar-refractivity contribution in [1.82, 2.24) is 10.2 Å². The number of halogens is 2. The third-order valence-electron chi connectivity index (χ3n) is 6.99. The van der Waals surface area contributed by atoms with E-state index in [1.54, 1.807) is 24.3 Å². The predicted molar refractivity (Wildman–Crippen MR) is 173 cm³/mol. The molecule has 45 heavy (non-hydrogen) atoms. The normalized spacial score (nSPS) is 12.0. The van der Waals surface area contributed by atoms with E-state index in [4.69, 9.17) is 16.3 Å². The average Bonchev–Trinajstić information content (AvgIpc) is 3.02. The highest BCUT2D eigenvalue weighted by atomic mass is 35.5. The Labute approximate surface area is 268 Å². The van der Waals surface area contributed by atoms with Gasteiger partial charge >= 0.3 is 0 Å². The minimum Gasteiger partial charge on any atom is -0.495 e. The summed E-state index contributed by atoms with van der Waals surface area (Å²) in [6.07, 6.45) is 0.151. The first-order valence-corrected chi connectivity index (χ1v) is 16.1. The number of hydrogen-bond donors (Lipinski definition) is 1. The van der Waals surface area contributed by atoms with Gasteiger partial charge in [-0.1, -0.05) is 72.3 Å². The Morgan fingerprint density at radius 1 is 0.889 bits per heavy atom. The van der Waals surface area contributed by atoms with E-state index in [0.29, 0.717) is 5.56 Å². The number of benzene rings is 4. The van der Waals surface area contributed by atoms with Gasteiger partial charge in [0.2, 0.25) is 11.8 Å². The number of carbonyl (C=O) groups is 2. The summed E-state index contributed by atoms with van der Waals surface area (Å²) in [5, 5.41) is 3.13. The topological polar surface area (TPSA) is 96.0 Å². The van der Waals surface area contributed by atoms with Crippen molar-refractivity contribution in [3.63, 3.8) is 0 Å². The Hall–Kier alpha value is -4.41. The molecule has 4 aromatic carbocycles. The third-order valence-corrected chi connectivity index (χ3v) is 9.00. The lowest BCUT2D eigenvalue weighted by Gasteiger charge is -2.34. The smallest absolute Gasteiger partial charge is 0.264 e. The molecule has 0 spiro atoms. The molecule has 0 unspecified atom stereocenters. The molecule has 0 saturated carbocycles. The molecule has 0 aliphatic rings. The van der Waals surface area contributed by atoms with Gasteiger partial charge in [0, 0.05) is 24.0 Å². The van der Waals surface area contributed by atoms with Gasteiger partial charge in [-0.15, -0.1) is 0 Å². The molecule has 8 nitrogen and oxygen atoms in total. The molecule has 0 saturated heterocycles. The molecule has 1 atom stereocenters. The van der Waals surface area contributed by atoms with Gasteiger partial charge in [-0.25, -0.2) is 12.8 Å². The van der Waals surface area contributed by atoms with Crippen molar-refractivity contribution in [3.05, 3.63) is 125 Å². The summed E-state index contributed by atoms with van der Waals surface area (Å²) in [4.78, 5) is 29.5. The van der Waals surface area contributed by atoms with Gasteiger partial charge in [0.1, 0.15) is 24.2 Å². The van der Waals surface area contributed by atoms with E-state index < -0.39 is 40.2 Å². The number of nitrogens with one attached hydrogen (secondary N) is 1. The number of sulfonamides is 1. The molecule has 1 N–H and O–H groups in total. The van der Waals surface area contributed by atoms with Gasteiger partial charge in [0.05, 0.1) is 17.7 Å². The molecular weight excluding hydrogens is 617 g/mol. The standard InChI is InChI=1S/C34H35ClFN3O5S/c1-24(2)37-34(41)31(20-25-10-6-4-7-11-25)38(22-26-14-17-28(36)18-15-26)33(40)23-39(30-21-27(35)16-19-32(30)44-3)45(42,43)29-12-8-5-9-13-29/h4-19,21,24,31H,20,22-23H2,1-3H3,(H,37,41)/t31-/m0/s1. The first kappa shape index (κ1) is 33.5. The van der Waals surface area contributed by atoms with E-state index in [9.17, 15) is 22.4 Å². The van der Waals surface area contributed by atoms with Crippen LogP contribution in [0.3, 0.4) is 0 Å². The van der Waals surface area contributed by atoms with Crippen molar-refractivity contribution >= 4 is 39.1 Å². The molecule has 4 aromatic rings. The molecule has 2 amide bonds. The highest BCUT2D eigenvalue weighted by Crippen LogP contribution is 2.35. The van der Waals surface area contributed by atoms with E-state index >= 15 is 0 Å². The summed E-state index contributed by atoms with van der Waals surface area (Å²) in [7, 11) is -2.95. The second-order valence-corrected chi connectivity index (χ2v) is 13.0. The average molecular weight is 652 g/mol. The van der Waals surface area contributed by atoms with Crippen molar-refractivity contribution in [1.29, 1.82) is 0 Å². The van der Waals surface area contributed by atoms with Crippen LogP contribution in [0.25, 0.3) is 0 Å². The Bertz CT molecular complexity index is 1710. The van der Waals surface area contributed by atoms with Crippen molar-refractivity contribution < 1.29 is 27.1 Å². The van der Waals surface area contributed by atoms with Gasteiger partial charge in [-0.3, -0.25) is 13.9 Å². The number of amides is 2. The molecule has 0 radical (unpaired) electrons. The molecule has 0 aliphatic heterocycles. The Kier molecular flexibility index (Phi) is 11.2. The fourth-order valence-electron chi connectivity index (χ4n) is 4.81. The fourth-order valence-corrected chi connectivity index (χ4v) is 6.42. The maximum atomic E-state index is 14.5. The van der Waals surface area contributed by atoms with Crippen LogP contribution in [-0.2, 0) is 32.6 Å². The van der Waals surface area contributed by atoms with Crippen molar-refractivity contribution in [2.45, 2.75) is 43.8 Å². The lowest BCUT2D eigenvalue weighted by atomic mass is 10.0. The molecule has 0 fully saturated rings. The minimum atomic E-state index is -4.34. The summed E-state index contributed by atoms with van der Waals surface area (Å²) < 4.78 is 48.5. The molecule has 0 aliphatic carbocycles. The van der Waals surface area contributed by atoms with Crippen LogP contribution in [0.15, 0.2) is 108 Å². The van der Waals surface area contributed by atoms with Crippen LogP contribution in [0.5, 0.6) is 5.75 Å². The summed E-state index contributed by atoms with van der Waals surface area (Å²) in [5.41, 5.74) is 1.40. The number of methoxy groups -OCH3 is 1. The SMILES string of the molecule is COc1ccc(Cl)cc1N(CC(=O)N(Cc1ccc(F)cc1)[C@@H](Cc1ccccc1)C(=O)NC(C)C)S(=O)(=O)c1ccccc1. The predicted octanol–water partition coefficient (Wildman–Crippen LogP) is 5.85. The van der Waals surface area contributed by atoms with E-state index in [2.05, 4.69) is 5.32 Å². The van der Waals surface area contributed by atoms with Gasteiger partial charge in [-0.05, 0) is 67.4 Å². The summed E-state index contributed by atoms with van der Waals surface area (Å²) in [6, 6.07) is 25.7. The van der Waals surface area contributed by atoms with Crippen LogP contribution in [0.4, 0.5) is 10.1 Å². The monoisotopic (exact) mass is 651 g/mol. The quantitative estimate of drug-likeness (QED) is 0.196. The van der Waals surface area contributed by atoms with Gasteiger partial charge < -0.3 is 15.0 Å². The van der Waals surface area contributed by atoms with E-state index in [1.807, 2.05) is 44.2 Å². The highest BCUT2D eigenvalue weighted by Gasteiger charge is 2.35. The second kappa shape index (κ2) is 15.0. The number of carbonyl (C=O) groups excluding carboxylic acids is 2. The Morgan fingerprint density at radius 3 is 2.11 bits per heavy atom. The van der Waals surface area contributed by atoms with Gasteiger partial charge in [-0.2, -0.15) is 0 Å². The maximum Gasteiger partial charge on any atom is 0.264 e. The number of ether oxygens (including phenoxy) is 1. The van der Waals surface area contributed by atoms with Gasteiger partial charge in [0.25, 0.3) is 10.0 Å². The molecule has 11 heteroatoms. The molecule has 236 valence electrons. The molecule has 0 bridgehead atoms. The van der Waals surface area contributed by atoms with Crippen LogP contribution in [0, 0.1) is 5.82 Å². The zero-order chi connectivity index (χ0) is 32.6. The lowest BCUT2D eigenvalue weighted by Crippen LogP contribution is -2.54. The zero-order valence-electron chi connectivity index (χ0n) is 25.2. The first-order chi connectivity index (χ1) is 21.5. The number of rotatable bonds is 13. The molecule has 0 aromatic heterocycles. The Morgan fingerprint density at radius 2 is 1.51 bits per heavy atom. The largest absolute Gasteiger partial charge is 0.495 e. The van der Waals surface area contributed by atoms with Crippen LogP contribution in [0.1, 0.15) is 25.0 Å². The molecule has 4 rings (SSSR count). The summed E-state index contributed by atoms with van der Waals surface area (Å²) >= 11 is 6.31. The second-order valence-electron chi connectivity index (χ2n) is 10.7. The highest BCUT2D eigenvalue weighted by molar-refractivity contribution is 7.92. The summed E-state index contributed by atoms with van der Waals surface area (Å²) in [5.74, 6) is -1.36. The van der Waals surface area contributed by atoms with E-state index in [-0.39, 0.29) is 40.4 Å². The van der Waals surface area contributed by atoms with Crippen LogP contribution in [-0.4, -0.2) is 50.9 Å². The molecular formula is C34H35ClFN3O5S. The van der Waals surface area contributed by atoms with Crippen LogP contribution in [0.2, 0.25) is 5.02 Å². The lowest BCUT2D eigenvalue weighted by molar-refractivity contribution is -0.140. The Balaban J connectivity index is 1.84. The van der Waals surface area contributed by atoms with E-state index in [0.717, 1.165) is 9.87 Å². The number of hydrogen-bond acceptors (Lipinski definition) is 5. The van der Waals surface area contributed by atoms with Crippen LogP contribution < -0.4 is 14.4 Å². The summed E-state index contributed by atoms with van der Waals surface area (Å²) in [6.45, 7) is 2.84. The molecule has 0 heterocycles. The van der Waals surface area contributed by atoms with Crippen molar-refractivity contribution in [3.8, 4) is 5.75 Å². The first-order valence-electron chi connectivity index (χ1n) is 14.3. The number of anilines is 1. The third kappa shape index (κ3) is 8.61. The maximum absolute atomic E-state index is 14.5.